The molecule has 2 heteroatoms. The van der Waals surface area contributed by atoms with E-state index in [1.54, 1.807) is 0 Å². The molecule has 0 fully saturated rings. The van der Waals surface area contributed by atoms with Gasteiger partial charge in [0.25, 0.3) is 0 Å². The van der Waals surface area contributed by atoms with Gasteiger partial charge in [0.05, 0.1) is 0 Å². The Bertz CT molecular complexity index is 842. The molecule has 0 amide bonds. The normalized spacial score (nSPS) is 10.5. The number of anilines is 3. The Labute approximate surface area is 148 Å². The van der Waals surface area contributed by atoms with E-state index in [9.17, 15) is 0 Å². The van der Waals surface area contributed by atoms with Gasteiger partial charge < -0.3 is 0 Å². The summed E-state index contributed by atoms with van der Waals surface area (Å²) < 4.78 is 1.44. The van der Waals surface area contributed by atoms with Crippen LogP contribution in [0.4, 0.5) is 17.1 Å². The Morgan fingerprint density at radius 1 is 0.500 bits per heavy atom. The first-order valence-electron chi connectivity index (χ1n) is 7.96. The molecule has 4 aromatic rings. The molecule has 4 rings (SSSR count). The SMILES string of the molecule is c1ccc(N(c2ccccc2)c2ccc(-c3ccc[se]3)cc2)cc1. The summed E-state index contributed by atoms with van der Waals surface area (Å²) in [7, 11) is 0. The fraction of sp³-hybridized carbons (Fsp3) is 0. The van der Waals surface area contributed by atoms with Crippen LogP contribution in [0.2, 0.25) is 0 Å². The van der Waals surface area contributed by atoms with Crippen LogP contribution < -0.4 is 4.90 Å². The molecule has 0 aliphatic heterocycles. The van der Waals surface area contributed by atoms with E-state index in [2.05, 4.69) is 107 Å². The van der Waals surface area contributed by atoms with Crippen LogP contribution in [0.3, 0.4) is 0 Å². The van der Waals surface area contributed by atoms with Gasteiger partial charge in [-0.25, -0.2) is 0 Å². The molecule has 24 heavy (non-hydrogen) atoms. The second-order valence-corrected chi connectivity index (χ2v) is 7.52. The average Bonchev–Trinajstić information content (AvgIpc) is 3.19. The van der Waals surface area contributed by atoms with Gasteiger partial charge in [0, 0.05) is 0 Å². The van der Waals surface area contributed by atoms with Crippen molar-refractivity contribution in [2.45, 2.75) is 0 Å². The number of para-hydroxylation sites is 2. The Hall–Kier alpha value is -2.54. The molecule has 0 saturated heterocycles. The predicted octanol–water partition coefficient (Wildman–Crippen LogP) is 5.88. The second-order valence-electron chi connectivity index (χ2n) is 5.53. The maximum atomic E-state index is 2.29. The number of rotatable bonds is 4. The Kier molecular flexibility index (Phi) is 4.33. The number of hydrogen-bond donors (Lipinski definition) is 0. The predicted molar refractivity (Wildman–Crippen MR) is 104 cm³/mol. The molecule has 0 saturated carbocycles. The first kappa shape index (κ1) is 15.0. The van der Waals surface area contributed by atoms with Crippen LogP contribution in [0.25, 0.3) is 10.0 Å². The van der Waals surface area contributed by atoms with Crippen molar-refractivity contribution in [1.29, 1.82) is 0 Å². The molecule has 1 heterocycles. The molecule has 1 aromatic heterocycles. The zero-order chi connectivity index (χ0) is 16.2. The fourth-order valence-electron chi connectivity index (χ4n) is 2.82. The van der Waals surface area contributed by atoms with Gasteiger partial charge in [0.2, 0.25) is 0 Å². The Morgan fingerprint density at radius 3 is 1.54 bits per heavy atom. The number of nitrogens with zero attached hydrogens (tertiary/aromatic N) is 1. The van der Waals surface area contributed by atoms with Crippen LogP contribution in [0.1, 0.15) is 0 Å². The van der Waals surface area contributed by atoms with Crippen molar-refractivity contribution in [3.63, 3.8) is 0 Å². The van der Waals surface area contributed by atoms with Gasteiger partial charge in [0.1, 0.15) is 0 Å². The van der Waals surface area contributed by atoms with E-state index >= 15 is 0 Å². The summed E-state index contributed by atoms with van der Waals surface area (Å²) in [6, 6.07) is 34.3. The van der Waals surface area contributed by atoms with Gasteiger partial charge in [-0.2, -0.15) is 0 Å². The average molecular weight is 374 g/mol. The monoisotopic (exact) mass is 375 g/mol. The molecule has 0 N–H and O–H groups in total. The van der Waals surface area contributed by atoms with Crippen molar-refractivity contribution in [3.05, 3.63) is 102 Å². The van der Waals surface area contributed by atoms with Crippen molar-refractivity contribution < 1.29 is 0 Å². The molecule has 1 nitrogen and oxygen atoms in total. The van der Waals surface area contributed by atoms with Crippen molar-refractivity contribution >= 4 is 31.6 Å². The first-order chi connectivity index (χ1) is 11.9. The van der Waals surface area contributed by atoms with E-state index < -0.39 is 0 Å². The minimum atomic E-state index is 0.472. The van der Waals surface area contributed by atoms with Crippen molar-refractivity contribution in [2.24, 2.45) is 0 Å². The molecule has 0 bridgehead atoms. The summed E-state index contributed by atoms with van der Waals surface area (Å²) in [5, 5.41) is 0. The third kappa shape index (κ3) is 3.07. The Morgan fingerprint density at radius 2 is 1.04 bits per heavy atom. The molecule has 0 unspecified atom stereocenters. The topological polar surface area (TPSA) is 3.24 Å². The van der Waals surface area contributed by atoms with E-state index in [1.165, 1.54) is 27.1 Å². The van der Waals surface area contributed by atoms with Crippen LogP contribution in [-0.4, -0.2) is 14.5 Å². The molecule has 3 aromatic carbocycles. The Balaban J connectivity index is 1.77. The van der Waals surface area contributed by atoms with E-state index in [1.807, 2.05) is 0 Å². The summed E-state index contributed by atoms with van der Waals surface area (Å²) in [5.41, 5.74) is 4.84. The molecule has 0 atom stereocenters. The quantitative estimate of drug-likeness (QED) is 0.403. The van der Waals surface area contributed by atoms with E-state index in [-0.39, 0.29) is 0 Å². The molecule has 0 spiro atoms. The summed E-state index contributed by atoms with van der Waals surface area (Å²) in [5.74, 6) is 0. The zero-order valence-electron chi connectivity index (χ0n) is 13.2. The third-order valence-electron chi connectivity index (χ3n) is 3.96. The number of hydrogen-bond acceptors (Lipinski definition) is 1. The van der Waals surface area contributed by atoms with Crippen LogP contribution in [0.15, 0.2) is 102 Å². The van der Waals surface area contributed by atoms with Crippen molar-refractivity contribution in [1.82, 2.24) is 0 Å². The van der Waals surface area contributed by atoms with Crippen LogP contribution in [-0.2, 0) is 0 Å². The van der Waals surface area contributed by atoms with Gasteiger partial charge in [-0.05, 0) is 0 Å². The summed E-state index contributed by atoms with van der Waals surface area (Å²) in [6.07, 6.45) is 0. The second kappa shape index (κ2) is 6.92. The zero-order valence-corrected chi connectivity index (χ0v) is 14.9. The number of benzene rings is 3. The van der Waals surface area contributed by atoms with Crippen molar-refractivity contribution in [2.75, 3.05) is 4.90 Å². The van der Waals surface area contributed by atoms with Crippen LogP contribution >= 0.6 is 0 Å². The first-order valence-corrected chi connectivity index (χ1v) is 9.80. The molecular formula is C22H17NSe. The summed E-state index contributed by atoms with van der Waals surface area (Å²) in [6.45, 7) is 0. The van der Waals surface area contributed by atoms with Gasteiger partial charge in [-0.1, -0.05) is 0 Å². The van der Waals surface area contributed by atoms with Gasteiger partial charge in [-0.3, -0.25) is 0 Å². The molecule has 0 aliphatic carbocycles. The van der Waals surface area contributed by atoms with E-state index in [0.29, 0.717) is 14.5 Å². The van der Waals surface area contributed by atoms with E-state index in [0.717, 1.165) is 0 Å². The summed E-state index contributed by atoms with van der Waals surface area (Å²) >= 11 is 0.472. The van der Waals surface area contributed by atoms with Crippen molar-refractivity contribution in [3.8, 4) is 10.0 Å². The molecular weight excluding hydrogens is 357 g/mol. The maximum absolute atomic E-state index is 2.29. The van der Waals surface area contributed by atoms with Gasteiger partial charge in [0.15, 0.2) is 0 Å². The minimum absolute atomic E-state index is 0.472. The standard InChI is InChI=1S/C22H17NSe/c1-3-8-19(9-4-1)23(20-10-5-2-6-11-20)21-15-13-18(14-16-21)22-12-7-17-24-22/h1-17H. The summed E-state index contributed by atoms with van der Waals surface area (Å²) in [4.78, 5) is 4.55. The van der Waals surface area contributed by atoms with E-state index in [4.69, 9.17) is 0 Å². The van der Waals surface area contributed by atoms with Gasteiger partial charge >= 0.3 is 148 Å². The molecule has 116 valence electrons. The third-order valence-corrected chi connectivity index (χ3v) is 5.89. The van der Waals surface area contributed by atoms with Crippen LogP contribution in [0.5, 0.6) is 0 Å². The van der Waals surface area contributed by atoms with Gasteiger partial charge in [-0.15, -0.1) is 0 Å². The molecule has 0 aliphatic rings. The molecule has 0 radical (unpaired) electrons. The fourth-order valence-corrected chi connectivity index (χ4v) is 4.36. The van der Waals surface area contributed by atoms with Crippen LogP contribution in [0, 0.1) is 0 Å².